The summed E-state index contributed by atoms with van der Waals surface area (Å²) in [6, 6.07) is 7.49. The monoisotopic (exact) mass is 391 g/mol. The number of pyridine rings is 1. The lowest BCUT2D eigenvalue weighted by Gasteiger charge is -2.12. The first-order chi connectivity index (χ1) is 14.0. The van der Waals surface area contributed by atoms with Gasteiger partial charge >= 0.3 is 0 Å². The van der Waals surface area contributed by atoms with Crippen molar-refractivity contribution in [2.24, 2.45) is 0 Å². The molecule has 0 spiro atoms. The van der Waals surface area contributed by atoms with E-state index in [9.17, 15) is 5.11 Å². The number of phenols is 1. The number of fused-ring (bicyclic) bond motifs is 1. The number of aromatic hydroxyl groups is 1. The fraction of sp³-hybridized carbons (Fsp3) is 0.286. The Morgan fingerprint density at radius 3 is 2.55 bits per heavy atom. The second kappa shape index (κ2) is 7.46. The van der Waals surface area contributed by atoms with E-state index >= 15 is 0 Å². The number of phenolic OH excluding ortho intramolecular Hbond substituents is 1. The van der Waals surface area contributed by atoms with Crippen molar-refractivity contribution in [3.8, 4) is 5.75 Å². The molecular formula is C21H25N7O. The molecule has 8 nitrogen and oxygen atoms in total. The van der Waals surface area contributed by atoms with Gasteiger partial charge in [-0.25, -0.2) is 4.98 Å². The molecule has 0 saturated heterocycles. The highest BCUT2D eigenvalue weighted by molar-refractivity contribution is 5.93. The molecule has 0 atom stereocenters. The minimum absolute atomic E-state index is 0.258. The Balaban J connectivity index is 1.71. The third-order valence-electron chi connectivity index (χ3n) is 5.04. The van der Waals surface area contributed by atoms with Crippen LogP contribution in [-0.2, 0) is 13.1 Å². The van der Waals surface area contributed by atoms with Crippen molar-refractivity contribution in [3.05, 3.63) is 47.8 Å². The molecule has 0 saturated carbocycles. The van der Waals surface area contributed by atoms with Gasteiger partial charge in [0.15, 0.2) is 11.6 Å². The van der Waals surface area contributed by atoms with Crippen LogP contribution in [0.25, 0.3) is 10.9 Å². The lowest BCUT2D eigenvalue weighted by molar-refractivity contribution is 0.471. The highest BCUT2D eigenvalue weighted by Crippen LogP contribution is 2.33. The molecule has 0 radical (unpaired) electrons. The van der Waals surface area contributed by atoms with Crippen molar-refractivity contribution in [1.29, 1.82) is 0 Å². The molecular weight excluding hydrogens is 366 g/mol. The van der Waals surface area contributed by atoms with Crippen LogP contribution in [0.1, 0.15) is 25.0 Å². The zero-order chi connectivity index (χ0) is 20.5. The molecule has 29 heavy (non-hydrogen) atoms. The van der Waals surface area contributed by atoms with Gasteiger partial charge in [-0.3, -0.25) is 9.36 Å². The third-order valence-corrected chi connectivity index (χ3v) is 5.04. The Kier molecular flexibility index (Phi) is 4.84. The third kappa shape index (κ3) is 3.49. The van der Waals surface area contributed by atoms with Crippen LogP contribution >= 0.6 is 0 Å². The van der Waals surface area contributed by atoms with E-state index in [4.69, 9.17) is 5.10 Å². The second-order valence-electron chi connectivity index (χ2n) is 6.96. The number of aryl methyl sites for hydroxylation is 3. The molecule has 0 bridgehead atoms. The van der Waals surface area contributed by atoms with E-state index < -0.39 is 0 Å². The lowest BCUT2D eigenvalue weighted by atomic mass is 10.1. The normalized spacial score (nSPS) is 11.2. The largest absolute Gasteiger partial charge is 0.508 e. The van der Waals surface area contributed by atoms with Gasteiger partial charge in [0.05, 0.1) is 10.9 Å². The van der Waals surface area contributed by atoms with Crippen LogP contribution in [0.3, 0.4) is 0 Å². The van der Waals surface area contributed by atoms with Crippen molar-refractivity contribution < 1.29 is 5.11 Å². The van der Waals surface area contributed by atoms with Gasteiger partial charge in [0.1, 0.15) is 11.6 Å². The van der Waals surface area contributed by atoms with Crippen molar-refractivity contribution in [1.82, 2.24) is 24.5 Å². The molecule has 0 aliphatic carbocycles. The van der Waals surface area contributed by atoms with Gasteiger partial charge in [-0.05, 0) is 39.3 Å². The molecule has 0 aliphatic rings. The van der Waals surface area contributed by atoms with E-state index in [1.807, 2.05) is 60.7 Å². The predicted molar refractivity (Wildman–Crippen MR) is 115 cm³/mol. The number of aromatic nitrogens is 5. The number of hydrogen-bond donors (Lipinski definition) is 3. The van der Waals surface area contributed by atoms with E-state index in [-0.39, 0.29) is 5.75 Å². The van der Waals surface area contributed by atoms with Gasteiger partial charge < -0.3 is 15.7 Å². The molecule has 0 unspecified atom stereocenters. The Morgan fingerprint density at radius 1 is 1.00 bits per heavy atom. The average Bonchev–Trinajstić information content (AvgIpc) is 3.32. The number of benzene rings is 1. The number of nitrogens with zero attached hydrogens (tertiary/aromatic N) is 5. The minimum Gasteiger partial charge on any atom is -0.508 e. The van der Waals surface area contributed by atoms with Gasteiger partial charge in [0.25, 0.3) is 0 Å². The van der Waals surface area contributed by atoms with Crippen molar-refractivity contribution in [3.63, 3.8) is 0 Å². The number of rotatable bonds is 6. The fourth-order valence-corrected chi connectivity index (χ4v) is 3.35. The summed E-state index contributed by atoms with van der Waals surface area (Å²) in [5, 5.41) is 26.8. The molecule has 3 N–H and O–H groups in total. The SMILES string of the molecule is CCn1ccc(Nc2cc3c(cn2)c(Nc2c(C)ccc(O)c2C)nn3CC)n1. The Bertz CT molecular complexity index is 1180. The van der Waals surface area contributed by atoms with E-state index in [0.29, 0.717) is 11.6 Å². The van der Waals surface area contributed by atoms with Crippen LogP contribution in [0.2, 0.25) is 0 Å². The number of hydrogen-bond acceptors (Lipinski definition) is 6. The van der Waals surface area contributed by atoms with E-state index in [1.54, 1.807) is 6.07 Å². The maximum atomic E-state index is 10.1. The van der Waals surface area contributed by atoms with Crippen LogP contribution in [0.15, 0.2) is 36.7 Å². The van der Waals surface area contributed by atoms with Gasteiger partial charge in [0, 0.05) is 48.9 Å². The molecule has 0 amide bonds. The number of anilines is 4. The quantitative estimate of drug-likeness (QED) is 0.449. The first kappa shape index (κ1) is 18.8. The summed E-state index contributed by atoms with van der Waals surface area (Å²) < 4.78 is 3.79. The summed E-state index contributed by atoms with van der Waals surface area (Å²) in [5.41, 5.74) is 3.66. The van der Waals surface area contributed by atoms with Crippen molar-refractivity contribution in [2.75, 3.05) is 10.6 Å². The van der Waals surface area contributed by atoms with Crippen LogP contribution < -0.4 is 10.6 Å². The maximum absolute atomic E-state index is 10.1. The van der Waals surface area contributed by atoms with Gasteiger partial charge in [0.2, 0.25) is 0 Å². The van der Waals surface area contributed by atoms with Gasteiger partial charge in [-0.15, -0.1) is 0 Å². The first-order valence-corrected chi connectivity index (χ1v) is 9.73. The lowest BCUT2D eigenvalue weighted by Crippen LogP contribution is -2.00. The van der Waals surface area contributed by atoms with Crippen molar-refractivity contribution >= 4 is 34.0 Å². The van der Waals surface area contributed by atoms with E-state index in [0.717, 1.165) is 46.6 Å². The first-order valence-electron chi connectivity index (χ1n) is 9.73. The molecule has 3 aromatic heterocycles. The van der Waals surface area contributed by atoms with E-state index in [2.05, 4.69) is 27.6 Å². The predicted octanol–water partition coefficient (Wildman–Crippen LogP) is 4.48. The smallest absolute Gasteiger partial charge is 0.161 e. The summed E-state index contributed by atoms with van der Waals surface area (Å²) in [6.07, 6.45) is 3.74. The van der Waals surface area contributed by atoms with Crippen LogP contribution in [0.4, 0.5) is 23.1 Å². The summed E-state index contributed by atoms with van der Waals surface area (Å²) >= 11 is 0. The minimum atomic E-state index is 0.258. The summed E-state index contributed by atoms with van der Waals surface area (Å²) in [7, 11) is 0. The highest BCUT2D eigenvalue weighted by atomic mass is 16.3. The summed E-state index contributed by atoms with van der Waals surface area (Å²) in [6.45, 7) is 9.54. The number of nitrogens with one attached hydrogen (secondary N) is 2. The Morgan fingerprint density at radius 2 is 1.83 bits per heavy atom. The van der Waals surface area contributed by atoms with Crippen LogP contribution in [0, 0.1) is 13.8 Å². The van der Waals surface area contributed by atoms with Gasteiger partial charge in [-0.1, -0.05) is 6.07 Å². The molecule has 0 aliphatic heterocycles. The summed E-state index contributed by atoms with van der Waals surface area (Å²) in [5.74, 6) is 2.44. The molecule has 0 fully saturated rings. The van der Waals surface area contributed by atoms with E-state index in [1.165, 1.54) is 0 Å². The Hall–Kier alpha value is -3.55. The van der Waals surface area contributed by atoms with Crippen molar-refractivity contribution in [2.45, 2.75) is 40.8 Å². The fourth-order valence-electron chi connectivity index (χ4n) is 3.35. The maximum Gasteiger partial charge on any atom is 0.161 e. The topological polar surface area (TPSA) is 92.8 Å². The molecule has 4 aromatic rings. The van der Waals surface area contributed by atoms with Gasteiger partial charge in [-0.2, -0.15) is 10.2 Å². The zero-order valence-electron chi connectivity index (χ0n) is 17.1. The van der Waals surface area contributed by atoms with Crippen LogP contribution in [-0.4, -0.2) is 29.7 Å². The zero-order valence-corrected chi connectivity index (χ0v) is 17.1. The molecule has 150 valence electrons. The molecule has 4 rings (SSSR count). The Labute approximate surface area is 169 Å². The molecule has 1 aromatic carbocycles. The van der Waals surface area contributed by atoms with Crippen LogP contribution in [0.5, 0.6) is 5.75 Å². The summed E-state index contributed by atoms with van der Waals surface area (Å²) in [4.78, 5) is 4.55. The molecule has 3 heterocycles. The second-order valence-corrected chi connectivity index (χ2v) is 6.96. The highest BCUT2D eigenvalue weighted by Gasteiger charge is 2.15. The standard InChI is InChI=1S/C21H25N7O/c1-5-27-10-9-18(25-27)23-19-11-16-15(12-22-19)21(26-28(16)6-2)24-20-13(3)7-8-17(29)14(20)4/h7-12,29H,5-6H2,1-4H3,(H,24,26)(H,22,23,25). The average molecular weight is 391 g/mol. The molecule has 8 heteroatoms.